The monoisotopic (exact) mass is 332 g/mol. The SMILES string of the molecule is CN(CCc1ccc(F)cc1)C(=O)CC1CSCCN1.Cl. The highest BCUT2D eigenvalue weighted by molar-refractivity contribution is 7.99. The van der Waals surface area contributed by atoms with E-state index in [1.807, 2.05) is 18.8 Å². The summed E-state index contributed by atoms with van der Waals surface area (Å²) in [6, 6.07) is 6.76. The van der Waals surface area contributed by atoms with Crippen LogP contribution in [0.5, 0.6) is 0 Å². The zero-order valence-corrected chi connectivity index (χ0v) is 13.8. The van der Waals surface area contributed by atoms with Crippen LogP contribution in [0.3, 0.4) is 0 Å². The molecule has 1 aliphatic heterocycles. The van der Waals surface area contributed by atoms with Crippen LogP contribution in [0.4, 0.5) is 4.39 Å². The van der Waals surface area contributed by atoms with Crippen molar-refractivity contribution in [3.8, 4) is 0 Å². The van der Waals surface area contributed by atoms with Gasteiger partial charge in [-0.05, 0) is 24.1 Å². The molecule has 1 aliphatic rings. The van der Waals surface area contributed by atoms with Gasteiger partial charge in [-0.1, -0.05) is 12.1 Å². The zero-order valence-electron chi connectivity index (χ0n) is 12.2. The predicted molar refractivity (Wildman–Crippen MR) is 88.7 cm³/mol. The van der Waals surface area contributed by atoms with Crippen molar-refractivity contribution in [2.75, 3.05) is 31.6 Å². The highest BCUT2D eigenvalue weighted by Crippen LogP contribution is 2.11. The first kappa shape index (κ1) is 18.3. The number of nitrogens with zero attached hydrogens (tertiary/aromatic N) is 1. The van der Waals surface area contributed by atoms with Crippen LogP contribution in [0, 0.1) is 5.82 Å². The lowest BCUT2D eigenvalue weighted by Crippen LogP contribution is -2.42. The van der Waals surface area contributed by atoms with Crippen molar-refractivity contribution in [1.82, 2.24) is 10.2 Å². The topological polar surface area (TPSA) is 32.3 Å². The van der Waals surface area contributed by atoms with Gasteiger partial charge in [0.05, 0.1) is 0 Å². The van der Waals surface area contributed by atoms with E-state index in [0.717, 1.165) is 30.0 Å². The van der Waals surface area contributed by atoms with Crippen molar-refractivity contribution in [2.24, 2.45) is 0 Å². The second-order valence-electron chi connectivity index (χ2n) is 5.12. The number of hydrogen-bond acceptors (Lipinski definition) is 3. The third-order valence-electron chi connectivity index (χ3n) is 3.49. The number of carbonyl (C=O) groups is 1. The average molecular weight is 333 g/mol. The van der Waals surface area contributed by atoms with Gasteiger partial charge in [0, 0.05) is 44.1 Å². The van der Waals surface area contributed by atoms with E-state index in [1.165, 1.54) is 12.1 Å². The Morgan fingerprint density at radius 3 is 2.76 bits per heavy atom. The summed E-state index contributed by atoms with van der Waals surface area (Å²) in [5, 5.41) is 3.37. The van der Waals surface area contributed by atoms with E-state index in [-0.39, 0.29) is 24.1 Å². The third kappa shape index (κ3) is 6.24. The molecule has 0 spiro atoms. The maximum atomic E-state index is 12.8. The molecule has 1 amide bonds. The molecule has 1 saturated heterocycles. The molecule has 2 rings (SSSR count). The van der Waals surface area contributed by atoms with E-state index in [4.69, 9.17) is 0 Å². The van der Waals surface area contributed by atoms with Crippen LogP contribution in [0.25, 0.3) is 0 Å². The Labute approximate surface area is 136 Å². The molecule has 0 aliphatic carbocycles. The number of rotatable bonds is 5. The van der Waals surface area contributed by atoms with Crippen LogP contribution in [-0.2, 0) is 11.2 Å². The summed E-state index contributed by atoms with van der Waals surface area (Å²) in [6.07, 6.45) is 1.32. The third-order valence-corrected chi connectivity index (χ3v) is 4.63. The Morgan fingerprint density at radius 2 is 2.14 bits per heavy atom. The zero-order chi connectivity index (χ0) is 14.4. The van der Waals surface area contributed by atoms with Crippen LogP contribution in [0.15, 0.2) is 24.3 Å². The summed E-state index contributed by atoms with van der Waals surface area (Å²) in [5.74, 6) is 2.09. The number of amides is 1. The van der Waals surface area contributed by atoms with Crippen molar-refractivity contribution in [1.29, 1.82) is 0 Å². The molecule has 1 heterocycles. The molecule has 0 aromatic heterocycles. The Kier molecular flexibility index (Phi) is 8.07. The summed E-state index contributed by atoms with van der Waals surface area (Å²) in [5.41, 5.74) is 1.05. The van der Waals surface area contributed by atoms with E-state index in [2.05, 4.69) is 5.32 Å². The molecular weight excluding hydrogens is 311 g/mol. The molecule has 3 nitrogen and oxygen atoms in total. The number of carbonyl (C=O) groups excluding carboxylic acids is 1. The fraction of sp³-hybridized carbons (Fsp3) is 0.533. The molecule has 6 heteroatoms. The van der Waals surface area contributed by atoms with Gasteiger partial charge in [-0.15, -0.1) is 12.4 Å². The molecule has 1 aromatic carbocycles. The lowest BCUT2D eigenvalue weighted by atomic mass is 10.1. The standard InChI is InChI=1S/C15H21FN2OS.ClH/c1-18(8-6-12-2-4-13(16)5-3-12)15(19)10-14-11-20-9-7-17-14;/h2-5,14,17H,6-11H2,1H3;1H. The molecule has 1 fully saturated rings. The van der Waals surface area contributed by atoms with Gasteiger partial charge in [0.25, 0.3) is 0 Å². The van der Waals surface area contributed by atoms with Crippen molar-refractivity contribution in [2.45, 2.75) is 18.9 Å². The van der Waals surface area contributed by atoms with E-state index in [0.29, 0.717) is 19.0 Å². The molecule has 1 unspecified atom stereocenters. The molecule has 118 valence electrons. The second-order valence-corrected chi connectivity index (χ2v) is 6.27. The Hall–Kier alpha value is -0.780. The summed E-state index contributed by atoms with van der Waals surface area (Å²) in [6.45, 7) is 1.66. The van der Waals surface area contributed by atoms with E-state index >= 15 is 0 Å². The summed E-state index contributed by atoms with van der Waals surface area (Å²) >= 11 is 1.90. The van der Waals surface area contributed by atoms with Crippen molar-refractivity contribution >= 4 is 30.1 Å². The van der Waals surface area contributed by atoms with Crippen LogP contribution in [0.2, 0.25) is 0 Å². The largest absolute Gasteiger partial charge is 0.345 e. The van der Waals surface area contributed by atoms with Crippen LogP contribution >= 0.6 is 24.2 Å². The first-order chi connectivity index (χ1) is 9.65. The normalized spacial score (nSPS) is 17.9. The number of nitrogens with one attached hydrogen (secondary N) is 1. The summed E-state index contributed by atoms with van der Waals surface area (Å²) in [7, 11) is 1.84. The first-order valence-electron chi connectivity index (χ1n) is 6.94. The minimum Gasteiger partial charge on any atom is -0.345 e. The van der Waals surface area contributed by atoms with E-state index in [9.17, 15) is 9.18 Å². The molecule has 0 bridgehead atoms. The fourth-order valence-corrected chi connectivity index (χ4v) is 3.14. The van der Waals surface area contributed by atoms with Gasteiger partial charge in [0.1, 0.15) is 5.82 Å². The number of likely N-dealkylation sites (N-methyl/N-ethyl adjacent to an activating group) is 1. The molecule has 0 radical (unpaired) electrons. The molecule has 21 heavy (non-hydrogen) atoms. The molecule has 1 N–H and O–H groups in total. The Bertz CT molecular complexity index is 438. The van der Waals surface area contributed by atoms with Crippen LogP contribution in [-0.4, -0.2) is 48.5 Å². The molecular formula is C15H22ClFN2OS. The van der Waals surface area contributed by atoms with Gasteiger partial charge < -0.3 is 10.2 Å². The Morgan fingerprint density at radius 1 is 1.43 bits per heavy atom. The first-order valence-corrected chi connectivity index (χ1v) is 8.10. The van der Waals surface area contributed by atoms with Crippen LogP contribution < -0.4 is 5.32 Å². The highest BCUT2D eigenvalue weighted by Gasteiger charge is 2.18. The van der Waals surface area contributed by atoms with Crippen molar-refractivity contribution in [3.63, 3.8) is 0 Å². The fourth-order valence-electron chi connectivity index (χ4n) is 2.19. The quantitative estimate of drug-likeness (QED) is 0.898. The van der Waals surface area contributed by atoms with Crippen LogP contribution in [0.1, 0.15) is 12.0 Å². The van der Waals surface area contributed by atoms with Gasteiger partial charge in [0.15, 0.2) is 0 Å². The summed E-state index contributed by atoms with van der Waals surface area (Å²) in [4.78, 5) is 13.9. The maximum absolute atomic E-state index is 12.8. The smallest absolute Gasteiger partial charge is 0.223 e. The maximum Gasteiger partial charge on any atom is 0.223 e. The van der Waals surface area contributed by atoms with Gasteiger partial charge in [0.2, 0.25) is 5.91 Å². The second kappa shape index (κ2) is 9.28. The number of hydrogen-bond donors (Lipinski definition) is 1. The Balaban J connectivity index is 0.00000220. The predicted octanol–water partition coefficient (Wildman–Crippen LogP) is 2.34. The average Bonchev–Trinajstić information content (AvgIpc) is 2.47. The van der Waals surface area contributed by atoms with Gasteiger partial charge in [-0.25, -0.2) is 4.39 Å². The highest BCUT2D eigenvalue weighted by atomic mass is 35.5. The molecule has 1 aromatic rings. The van der Waals surface area contributed by atoms with Gasteiger partial charge in [-0.3, -0.25) is 4.79 Å². The molecule has 1 atom stereocenters. The van der Waals surface area contributed by atoms with Crippen molar-refractivity contribution < 1.29 is 9.18 Å². The van der Waals surface area contributed by atoms with Gasteiger partial charge in [-0.2, -0.15) is 11.8 Å². The minimum atomic E-state index is -0.223. The van der Waals surface area contributed by atoms with Gasteiger partial charge >= 0.3 is 0 Å². The lowest BCUT2D eigenvalue weighted by Gasteiger charge is -2.25. The van der Waals surface area contributed by atoms with E-state index < -0.39 is 0 Å². The van der Waals surface area contributed by atoms with Crippen molar-refractivity contribution in [3.05, 3.63) is 35.6 Å². The lowest BCUT2D eigenvalue weighted by molar-refractivity contribution is -0.130. The molecule has 0 saturated carbocycles. The number of thioether (sulfide) groups is 1. The summed E-state index contributed by atoms with van der Waals surface area (Å²) < 4.78 is 12.8. The minimum absolute atomic E-state index is 0. The van der Waals surface area contributed by atoms with E-state index in [1.54, 1.807) is 17.0 Å². The number of halogens is 2. The number of benzene rings is 1.